The van der Waals surface area contributed by atoms with E-state index in [9.17, 15) is 0 Å². The van der Waals surface area contributed by atoms with Gasteiger partial charge >= 0.3 is 0 Å². The van der Waals surface area contributed by atoms with Crippen molar-refractivity contribution in [3.63, 3.8) is 0 Å². The van der Waals surface area contributed by atoms with Crippen LogP contribution in [0.25, 0.3) is 11.6 Å². The zero-order valence-electron chi connectivity index (χ0n) is 11.9. The molecule has 2 aromatic heterocycles. The summed E-state index contributed by atoms with van der Waals surface area (Å²) < 4.78 is 7.09. The molecule has 1 aliphatic rings. The van der Waals surface area contributed by atoms with Gasteiger partial charge in [-0.05, 0) is 12.5 Å². The maximum Gasteiger partial charge on any atom is 0.278 e. The molecule has 0 spiro atoms. The van der Waals surface area contributed by atoms with Crippen LogP contribution in [-0.2, 0) is 7.05 Å². The van der Waals surface area contributed by atoms with E-state index in [0.29, 0.717) is 5.89 Å². The van der Waals surface area contributed by atoms with Crippen molar-refractivity contribution in [2.45, 2.75) is 19.4 Å². The monoisotopic (exact) mass is 276 g/mol. The van der Waals surface area contributed by atoms with E-state index in [1.807, 2.05) is 19.3 Å². The number of rotatable bonds is 4. The molecule has 0 aliphatic carbocycles. The van der Waals surface area contributed by atoms with Crippen molar-refractivity contribution in [2.24, 2.45) is 7.05 Å². The van der Waals surface area contributed by atoms with Crippen LogP contribution in [-0.4, -0.2) is 51.0 Å². The second-order valence-corrected chi connectivity index (χ2v) is 5.04. The molecule has 20 heavy (non-hydrogen) atoms. The Balaban J connectivity index is 1.80. The maximum atomic E-state index is 5.36. The normalized spacial score (nSPS) is 18.3. The van der Waals surface area contributed by atoms with Gasteiger partial charge in [-0.2, -0.15) is 10.1 Å². The van der Waals surface area contributed by atoms with E-state index in [1.54, 1.807) is 4.68 Å². The first kappa shape index (κ1) is 13.3. The maximum absolute atomic E-state index is 5.36. The molecule has 0 radical (unpaired) electrons. The van der Waals surface area contributed by atoms with Gasteiger partial charge in [0.15, 0.2) is 11.5 Å². The molecule has 0 aromatic carbocycles. The lowest BCUT2D eigenvalue weighted by atomic mass is 10.1. The van der Waals surface area contributed by atoms with Crippen LogP contribution in [0.2, 0.25) is 0 Å². The quantitative estimate of drug-likeness (QED) is 0.891. The third kappa shape index (κ3) is 2.59. The van der Waals surface area contributed by atoms with E-state index in [1.165, 1.54) is 0 Å². The Kier molecular flexibility index (Phi) is 3.79. The molecule has 1 aliphatic heterocycles. The minimum Gasteiger partial charge on any atom is -0.332 e. The molecular formula is C13H20N6O. The Labute approximate surface area is 118 Å². The molecule has 3 heterocycles. The Bertz CT molecular complexity index is 557. The summed E-state index contributed by atoms with van der Waals surface area (Å²) in [6, 6.07) is 2.10. The minimum atomic E-state index is 0.221. The first-order chi connectivity index (χ1) is 9.78. The topological polar surface area (TPSA) is 72.0 Å². The van der Waals surface area contributed by atoms with E-state index >= 15 is 0 Å². The minimum absolute atomic E-state index is 0.221. The molecular weight excluding hydrogens is 256 g/mol. The largest absolute Gasteiger partial charge is 0.332 e. The molecule has 108 valence electrons. The molecule has 0 amide bonds. The van der Waals surface area contributed by atoms with Gasteiger partial charge < -0.3 is 9.84 Å². The Hall–Kier alpha value is -1.73. The Morgan fingerprint density at radius 3 is 2.85 bits per heavy atom. The van der Waals surface area contributed by atoms with Crippen LogP contribution in [0.4, 0.5) is 0 Å². The molecule has 7 heteroatoms. The zero-order chi connectivity index (χ0) is 13.9. The van der Waals surface area contributed by atoms with Crippen LogP contribution >= 0.6 is 0 Å². The van der Waals surface area contributed by atoms with E-state index < -0.39 is 0 Å². The van der Waals surface area contributed by atoms with Crippen LogP contribution in [0.15, 0.2) is 16.8 Å². The van der Waals surface area contributed by atoms with Gasteiger partial charge in [0, 0.05) is 39.4 Å². The summed E-state index contributed by atoms with van der Waals surface area (Å²) in [6.45, 7) is 6.23. The third-order valence-electron chi connectivity index (χ3n) is 3.65. The summed E-state index contributed by atoms with van der Waals surface area (Å²) >= 11 is 0. The smallest absolute Gasteiger partial charge is 0.278 e. The average Bonchev–Trinajstić information content (AvgIpc) is 3.10. The van der Waals surface area contributed by atoms with Crippen molar-refractivity contribution >= 4 is 0 Å². The predicted molar refractivity (Wildman–Crippen MR) is 74.0 cm³/mol. The van der Waals surface area contributed by atoms with Crippen molar-refractivity contribution < 1.29 is 4.52 Å². The lowest BCUT2D eigenvalue weighted by molar-refractivity contribution is 0.160. The van der Waals surface area contributed by atoms with Crippen LogP contribution in [0.1, 0.15) is 25.2 Å². The third-order valence-corrected chi connectivity index (χ3v) is 3.65. The molecule has 1 fully saturated rings. The number of aromatic nitrogens is 4. The highest BCUT2D eigenvalue weighted by Gasteiger charge is 2.25. The van der Waals surface area contributed by atoms with Gasteiger partial charge in [-0.1, -0.05) is 12.1 Å². The lowest BCUT2D eigenvalue weighted by Gasteiger charge is -2.32. The highest BCUT2D eigenvalue weighted by atomic mass is 16.5. The summed E-state index contributed by atoms with van der Waals surface area (Å²) in [5.74, 6) is 1.25. The molecule has 2 aromatic rings. The number of hydrogen-bond acceptors (Lipinski definition) is 6. The number of nitrogens with one attached hydrogen (secondary N) is 1. The Morgan fingerprint density at radius 2 is 2.20 bits per heavy atom. The van der Waals surface area contributed by atoms with E-state index in [4.69, 9.17) is 4.52 Å². The first-order valence-corrected chi connectivity index (χ1v) is 7.06. The van der Waals surface area contributed by atoms with Gasteiger partial charge in [0.25, 0.3) is 5.89 Å². The molecule has 1 N–H and O–H groups in total. The van der Waals surface area contributed by atoms with Gasteiger partial charge in [-0.25, -0.2) is 0 Å². The predicted octanol–water partition coefficient (Wildman–Crippen LogP) is 0.826. The van der Waals surface area contributed by atoms with Crippen molar-refractivity contribution in [1.29, 1.82) is 0 Å². The summed E-state index contributed by atoms with van der Waals surface area (Å²) in [5, 5.41) is 11.8. The van der Waals surface area contributed by atoms with Gasteiger partial charge in [-0.15, -0.1) is 0 Å². The molecule has 0 saturated carbocycles. The van der Waals surface area contributed by atoms with Crippen molar-refractivity contribution in [3.8, 4) is 11.6 Å². The van der Waals surface area contributed by atoms with Crippen molar-refractivity contribution in [1.82, 2.24) is 30.1 Å². The van der Waals surface area contributed by atoms with E-state index in [-0.39, 0.29) is 6.04 Å². The molecule has 3 rings (SSSR count). The highest BCUT2D eigenvalue weighted by molar-refractivity contribution is 5.44. The van der Waals surface area contributed by atoms with Crippen LogP contribution in [0, 0.1) is 0 Å². The standard InChI is InChI=1S/C13H20N6O/c1-3-11(19-8-5-14-6-9-19)12-15-13(20-17-12)10-4-7-18(2)16-10/h4,7,11,14H,3,5-6,8-9H2,1-2H3. The number of hydrogen-bond donors (Lipinski definition) is 1. The summed E-state index contributed by atoms with van der Waals surface area (Å²) in [4.78, 5) is 6.93. The fraction of sp³-hybridized carbons (Fsp3) is 0.615. The van der Waals surface area contributed by atoms with Gasteiger partial charge in [0.05, 0.1) is 6.04 Å². The molecule has 1 unspecified atom stereocenters. The first-order valence-electron chi connectivity index (χ1n) is 7.06. The van der Waals surface area contributed by atoms with Crippen LogP contribution in [0.5, 0.6) is 0 Å². The number of nitrogens with zero attached hydrogens (tertiary/aromatic N) is 5. The molecule has 1 saturated heterocycles. The van der Waals surface area contributed by atoms with Gasteiger partial charge in [-0.3, -0.25) is 9.58 Å². The fourth-order valence-electron chi connectivity index (χ4n) is 2.60. The van der Waals surface area contributed by atoms with Crippen molar-refractivity contribution in [2.75, 3.05) is 26.2 Å². The molecule has 1 atom stereocenters. The average molecular weight is 276 g/mol. The fourth-order valence-corrected chi connectivity index (χ4v) is 2.60. The van der Waals surface area contributed by atoms with Crippen LogP contribution in [0.3, 0.4) is 0 Å². The summed E-state index contributed by atoms with van der Waals surface area (Å²) in [6.07, 6.45) is 2.84. The highest BCUT2D eigenvalue weighted by Crippen LogP contribution is 2.24. The second-order valence-electron chi connectivity index (χ2n) is 5.04. The van der Waals surface area contributed by atoms with Crippen molar-refractivity contribution in [3.05, 3.63) is 18.1 Å². The second kappa shape index (κ2) is 5.72. The summed E-state index contributed by atoms with van der Waals surface area (Å²) in [7, 11) is 1.87. The zero-order valence-corrected chi connectivity index (χ0v) is 11.9. The lowest BCUT2D eigenvalue weighted by Crippen LogP contribution is -2.45. The summed E-state index contributed by atoms with van der Waals surface area (Å²) in [5.41, 5.74) is 0.724. The molecule has 0 bridgehead atoms. The SMILES string of the molecule is CCC(c1noc(-c2ccn(C)n2)n1)N1CCNCC1. The molecule has 7 nitrogen and oxygen atoms in total. The number of aryl methyl sites for hydroxylation is 1. The van der Waals surface area contributed by atoms with Crippen LogP contribution < -0.4 is 5.32 Å². The van der Waals surface area contributed by atoms with Gasteiger partial charge in [0.2, 0.25) is 0 Å². The van der Waals surface area contributed by atoms with Gasteiger partial charge in [0.1, 0.15) is 0 Å². The number of piperazine rings is 1. The van der Waals surface area contributed by atoms with E-state index in [2.05, 4.69) is 32.4 Å². The van der Waals surface area contributed by atoms with E-state index in [0.717, 1.165) is 44.1 Å². The Morgan fingerprint density at radius 1 is 1.40 bits per heavy atom.